The molecule has 0 heterocycles. The molecular formula is C57H54BBrCl2NS. The molecule has 63 heavy (non-hydrogen) atoms. The molecule has 6 aromatic rings. The Morgan fingerprint density at radius 2 is 0.810 bits per heavy atom. The smallest absolute Gasteiger partial charge is 0.0271 e. The minimum absolute atomic E-state index is 0.194. The minimum Gasteiger partial charge on any atom is -0.0622 e. The van der Waals surface area contributed by atoms with Crippen LogP contribution in [-0.4, -0.2) is 13.0 Å². The molecule has 1 nitrogen and oxygen atoms in total. The van der Waals surface area contributed by atoms with Gasteiger partial charge in [0.1, 0.15) is 0 Å². The third-order valence-electron chi connectivity index (χ3n) is 17.4. The van der Waals surface area contributed by atoms with E-state index in [4.69, 9.17) is 23.2 Å². The average molecular weight is 947 g/mol. The fourth-order valence-corrected chi connectivity index (χ4v) is 16.3. The van der Waals surface area contributed by atoms with E-state index in [1.165, 1.54) is 113 Å². The monoisotopic (exact) mass is 944 g/mol. The number of alkyl halides is 2. The zero-order valence-electron chi connectivity index (χ0n) is 35.8. The van der Waals surface area contributed by atoms with E-state index < -0.39 is 0 Å². The van der Waals surface area contributed by atoms with Gasteiger partial charge in [0.15, 0.2) is 0 Å². The first kappa shape index (κ1) is 42.2. The third-order valence-corrected chi connectivity index (χ3v) is 17.9. The van der Waals surface area contributed by atoms with Gasteiger partial charge in [0.2, 0.25) is 0 Å². The molecule has 317 valence electrons. The summed E-state index contributed by atoms with van der Waals surface area (Å²) in [5.41, 5.74) is 18.5. The van der Waals surface area contributed by atoms with Crippen LogP contribution in [0, 0.1) is 47.3 Å². The predicted octanol–water partition coefficient (Wildman–Crippen LogP) is 16.5. The van der Waals surface area contributed by atoms with Crippen molar-refractivity contribution in [2.45, 2.75) is 75.0 Å². The largest absolute Gasteiger partial charge is 0.0622 e. The predicted molar refractivity (Wildman–Crippen MR) is 272 cm³/mol. The number of hydrogen-bond donors (Lipinski definition) is 1. The second kappa shape index (κ2) is 17.1. The third kappa shape index (κ3) is 6.76. The molecule has 8 saturated carbocycles. The van der Waals surface area contributed by atoms with Crippen LogP contribution in [0.2, 0.25) is 0 Å². The zero-order chi connectivity index (χ0) is 42.9. The Kier molecular flexibility index (Phi) is 11.5. The fraction of sp³-hybridized carbons (Fsp3) is 0.368. The topological polar surface area (TPSA) is 12.4 Å². The van der Waals surface area contributed by atoms with Gasteiger partial charge >= 0.3 is 24.8 Å². The van der Waals surface area contributed by atoms with Crippen LogP contribution in [0.1, 0.15) is 86.5 Å². The molecule has 0 amide bonds. The first-order chi connectivity index (χ1) is 30.9. The van der Waals surface area contributed by atoms with Crippen LogP contribution in [0.5, 0.6) is 0 Å². The molecule has 10 aliphatic rings. The maximum Gasteiger partial charge on any atom is 0.0271 e. The summed E-state index contributed by atoms with van der Waals surface area (Å²) in [6, 6.07) is 53.0. The average Bonchev–Trinajstić information content (AvgIpc) is 3.75. The van der Waals surface area contributed by atoms with Crippen LogP contribution in [0.25, 0.3) is 44.5 Å². The maximum absolute atomic E-state index is 4.76. The van der Waals surface area contributed by atoms with Crippen LogP contribution >= 0.6 is 51.9 Å². The van der Waals surface area contributed by atoms with Gasteiger partial charge in [-0.3, -0.25) is 0 Å². The number of thiol groups is 1. The number of rotatable bonds is 2. The standard InChI is InChI=1S/C28H25Br.C28H26.CH2Cl2.BHNS/c29-23-7-8-24-25-15-20(19-4-2-1-3-5-19)6-9-26(25)28(27(24)16-23)21-11-17-10-18(13-21)14-22(28)12-17;1-2-6-20(7-3-1)21-10-11-27-25(17-21)24-8-4-5-9-26(24)28(27)22-13-18-12-19(15-22)16-23(28)14-18;2-1-3;1-2-3/h1-9,15-18,21-22H,10-14H2;1-11,17-19,22-23H,12-16H2;1H2;3H. The number of hydrogen-bond acceptors (Lipinski definition) is 2. The van der Waals surface area contributed by atoms with Gasteiger partial charge in [0, 0.05) is 15.3 Å². The van der Waals surface area contributed by atoms with Crippen molar-refractivity contribution in [1.82, 2.24) is 0 Å². The second-order valence-corrected chi connectivity index (χ2v) is 22.0. The molecular weight excluding hydrogens is 892 g/mol. The van der Waals surface area contributed by atoms with Crippen molar-refractivity contribution in [2.75, 3.05) is 5.34 Å². The van der Waals surface area contributed by atoms with Gasteiger partial charge < -0.3 is 0 Å². The summed E-state index contributed by atoms with van der Waals surface area (Å²) in [5, 5.41) is 0.194. The Hall–Kier alpha value is -3.41. The van der Waals surface area contributed by atoms with E-state index in [2.05, 4.69) is 180 Å². The zero-order valence-corrected chi connectivity index (χ0v) is 39.8. The van der Waals surface area contributed by atoms with Gasteiger partial charge in [-0.2, -0.15) is 0 Å². The maximum atomic E-state index is 4.76. The van der Waals surface area contributed by atoms with Crippen LogP contribution in [0.15, 0.2) is 148 Å². The second-order valence-electron chi connectivity index (χ2n) is 20.1. The molecule has 8 bridgehead atoms. The van der Waals surface area contributed by atoms with E-state index in [-0.39, 0.29) is 10.8 Å². The minimum atomic E-state index is 0.194. The number of benzene rings is 6. The van der Waals surface area contributed by atoms with E-state index in [1.54, 1.807) is 22.3 Å². The van der Waals surface area contributed by atoms with Crippen LogP contribution in [-0.2, 0) is 10.8 Å². The molecule has 6 heteroatoms. The van der Waals surface area contributed by atoms with E-state index in [0.29, 0.717) is 5.41 Å². The summed E-state index contributed by atoms with van der Waals surface area (Å²) in [7, 11) is 4.34. The molecule has 1 radical (unpaired) electrons. The van der Waals surface area contributed by atoms with E-state index in [0.717, 1.165) is 47.3 Å². The first-order valence-electron chi connectivity index (χ1n) is 23.4. The van der Waals surface area contributed by atoms with Gasteiger partial charge in [-0.1, -0.05) is 131 Å². The summed E-state index contributed by atoms with van der Waals surface area (Å²) in [4.78, 5) is 0. The Morgan fingerprint density at radius 1 is 0.444 bits per heavy atom. The fourth-order valence-electron chi connectivity index (χ4n) is 16.0. The summed E-state index contributed by atoms with van der Waals surface area (Å²) >= 11 is 16.5. The van der Waals surface area contributed by atoms with Crippen molar-refractivity contribution >= 4 is 59.6 Å². The molecule has 6 aromatic carbocycles. The van der Waals surface area contributed by atoms with Crippen molar-refractivity contribution in [3.8, 4) is 44.5 Å². The molecule has 10 aliphatic carbocycles. The normalized spacial score (nSPS) is 30.8. The van der Waals surface area contributed by atoms with Crippen molar-refractivity contribution in [1.29, 1.82) is 0 Å². The molecule has 16 rings (SSSR count). The summed E-state index contributed by atoms with van der Waals surface area (Å²) in [6.45, 7) is 0. The quantitative estimate of drug-likeness (QED) is 0.101. The van der Waals surface area contributed by atoms with Gasteiger partial charge in [-0.15, -0.1) is 23.2 Å². The molecule has 0 aromatic heterocycles. The molecule has 0 saturated heterocycles. The van der Waals surface area contributed by atoms with Crippen molar-refractivity contribution in [3.63, 3.8) is 0 Å². The Morgan fingerprint density at radius 3 is 1.25 bits per heavy atom. The molecule has 0 aliphatic heterocycles. The van der Waals surface area contributed by atoms with E-state index in [9.17, 15) is 0 Å². The molecule has 0 atom stereocenters. The van der Waals surface area contributed by atoms with Gasteiger partial charge in [-0.05, 0) is 203 Å². The van der Waals surface area contributed by atoms with Crippen molar-refractivity contribution in [3.05, 3.63) is 166 Å². The molecule has 0 N–H and O–H groups in total. The van der Waals surface area contributed by atoms with Gasteiger partial charge in [0.05, 0.1) is 5.34 Å². The molecule has 8 fully saturated rings. The van der Waals surface area contributed by atoms with Crippen LogP contribution < -0.4 is 0 Å². The van der Waals surface area contributed by atoms with Crippen molar-refractivity contribution < 1.29 is 0 Å². The van der Waals surface area contributed by atoms with Gasteiger partial charge in [-0.25, -0.2) is 0 Å². The van der Waals surface area contributed by atoms with Crippen molar-refractivity contribution in [2.24, 2.45) is 51.6 Å². The van der Waals surface area contributed by atoms with Crippen LogP contribution in [0.3, 0.4) is 0 Å². The van der Waals surface area contributed by atoms with Crippen LogP contribution in [0.4, 0.5) is 0 Å². The Balaban J connectivity index is 0.000000126. The van der Waals surface area contributed by atoms with E-state index in [1.807, 2.05) is 0 Å². The molecule has 0 unspecified atom stereocenters. The molecule has 2 spiro atoms. The number of nitrogens with zero attached hydrogens (tertiary/aromatic N) is 1. The Bertz CT molecular complexity index is 2610. The summed E-state index contributed by atoms with van der Waals surface area (Å²) in [5.74, 6) is 7.37. The Labute approximate surface area is 399 Å². The summed E-state index contributed by atoms with van der Waals surface area (Å²) < 4.78 is 3.93. The first-order valence-corrected chi connectivity index (χ1v) is 25.6. The summed E-state index contributed by atoms with van der Waals surface area (Å²) in [6.07, 6.45) is 14.6. The SMILES string of the molecule is Brc1ccc2c(c1)C1(c3ccc(-c4ccccc4)cc3-2)C2CC3CC(C2)CC1C3.ClCCl.[B]=NS.c1ccc(-c2ccc3c(c2)-c2ccccc2C32C3CC4CC(C3)CC2C4)cc1. The number of halogens is 3. The van der Waals surface area contributed by atoms with E-state index >= 15 is 0 Å². The number of fused-ring (bicyclic) bond motifs is 6. The van der Waals surface area contributed by atoms with Gasteiger partial charge in [0.25, 0.3) is 0 Å².